The third-order valence-electron chi connectivity index (χ3n) is 3.80. The number of morpholine rings is 1. The van der Waals surface area contributed by atoms with Crippen molar-refractivity contribution in [1.82, 2.24) is 10.6 Å². The van der Waals surface area contributed by atoms with E-state index in [4.69, 9.17) is 4.74 Å². The van der Waals surface area contributed by atoms with Gasteiger partial charge in [0.05, 0.1) is 13.2 Å². The lowest BCUT2D eigenvalue weighted by Crippen LogP contribution is -2.45. The van der Waals surface area contributed by atoms with Crippen molar-refractivity contribution in [2.45, 2.75) is 44.8 Å². The molecule has 2 rings (SSSR count). The summed E-state index contributed by atoms with van der Waals surface area (Å²) in [5, 5.41) is 7.26. The van der Waals surface area contributed by atoms with Gasteiger partial charge in [0, 0.05) is 29.1 Å². The maximum Gasteiger partial charge on any atom is 0.0620 e. The highest BCUT2D eigenvalue weighted by atomic mass is 79.9. The van der Waals surface area contributed by atoms with Crippen molar-refractivity contribution in [3.05, 3.63) is 34.3 Å². The maximum absolute atomic E-state index is 5.52. The zero-order chi connectivity index (χ0) is 14.4. The van der Waals surface area contributed by atoms with E-state index in [0.717, 1.165) is 37.1 Å². The van der Waals surface area contributed by atoms with Gasteiger partial charge in [-0.25, -0.2) is 0 Å². The Kier molecular flexibility index (Phi) is 6.49. The number of benzene rings is 1. The van der Waals surface area contributed by atoms with Crippen molar-refractivity contribution in [2.24, 2.45) is 0 Å². The lowest BCUT2D eigenvalue weighted by atomic mass is 10.0. The van der Waals surface area contributed by atoms with Gasteiger partial charge in [-0.3, -0.25) is 0 Å². The molecule has 0 bridgehead atoms. The average molecular weight is 341 g/mol. The molecule has 0 aromatic heterocycles. The summed E-state index contributed by atoms with van der Waals surface area (Å²) in [7, 11) is 0. The van der Waals surface area contributed by atoms with Crippen LogP contribution in [0.1, 0.15) is 38.3 Å². The highest BCUT2D eigenvalue weighted by molar-refractivity contribution is 9.10. The van der Waals surface area contributed by atoms with Crippen LogP contribution in [0.15, 0.2) is 28.7 Å². The topological polar surface area (TPSA) is 33.3 Å². The summed E-state index contributed by atoms with van der Waals surface area (Å²) in [5.41, 5.74) is 1.36. The molecule has 0 aliphatic carbocycles. The predicted octanol–water partition coefficient (Wildman–Crippen LogP) is 3.26. The first-order valence-electron chi connectivity index (χ1n) is 7.51. The van der Waals surface area contributed by atoms with Gasteiger partial charge in [0.2, 0.25) is 0 Å². The van der Waals surface area contributed by atoms with Gasteiger partial charge in [-0.1, -0.05) is 35.0 Å². The van der Waals surface area contributed by atoms with Gasteiger partial charge in [0.25, 0.3) is 0 Å². The standard InChI is InChI=1S/C16H25BrN2O/c1-3-16(13-4-6-14(17)7-5-13)19-12(2)10-15-11-20-9-8-18-15/h4-7,12,15-16,18-19H,3,8-11H2,1-2H3. The monoisotopic (exact) mass is 340 g/mol. The number of halogens is 1. The van der Waals surface area contributed by atoms with Crippen molar-refractivity contribution >= 4 is 15.9 Å². The second kappa shape index (κ2) is 8.13. The van der Waals surface area contributed by atoms with Crippen LogP contribution >= 0.6 is 15.9 Å². The van der Waals surface area contributed by atoms with Crippen LogP contribution in [0.25, 0.3) is 0 Å². The molecule has 4 heteroatoms. The molecule has 0 spiro atoms. The van der Waals surface area contributed by atoms with Gasteiger partial charge < -0.3 is 15.4 Å². The summed E-state index contributed by atoms with van der Waals surface area (Å²) >= 11 is 3.49. The molecule has 0 amide bonds. The van der Waals surface area contributed by atoms with Gasteiger partial charge in [-0.05, 0) is 37.5 Å². The minimum atomic E-state index is 0.419. The fraction of sp³-hybridized carbons (Fsp3) is 0.625. The molecule has 1 aliphatic heterocycles. The molecule has 1 aromatic carbocycles. The van der Waals surface area contributed by atoms with Crippen LogP contribution in [0.3, 0.4) is 0 Å². The Morgan fingerprint density at radius 2 is 2.15 bits per heavy atom. The normalized spacial score (nSPS) is 22.4. The molecule has 20 heavy (non-hydrogen) atoms. The second-order valence-electron chi connectivity index (χ2n) is 5.54. The molecule has 3 nitrogen and oxygen atoms in total. The fourth-order valence-electron chi connectivity index (χ4n) is 2.75. The van der Waals surface area contributed by atoms with E-state index in [9.17, 15) is 0 Å². The molecule has 0 radical (unpaired) electrons. The van der Waals surface area contributed by atoms with E-state index in [0.29, 0.717) is 18.1 Å². The summed E-state index contributed by atoms with van der Waals surface area (Å²) in [4.78, 5) is 0. The molecule has 112 valence electrons. The van der Waals surface area contributed by atoms with Crippen LogP contribution < -0.4 is 10.6 Å². The number of ether oxygens (including phenoxy) is 1. The number of hydrogen-bond acceptors (Lipinski definition) is 3. The molecule has 1 aromatic rings. The molecule has 2 N–H and O–H groups in total. The summed E-state index contributed by atoms with van der Waals surface area (Å²) in [6.45, 7) is 7.14. The van der Waals surface area contributed by atoms with Crippen LogP contribution in [0.5, 0.6) is 0 Å². The number of rotatable bonds is 6. The summed E-state index contributed by atoms with van der Waals surface area (Å²) in [5.74, 6) is 0. The van der Waals surface area contributed by atoms with Crippen molar-refractivity contribution in [1.29, 1.82) is 0 Å². The molecule has 3 unspecified atom stereocenters. The Bertz CT molecular complexity index is 390. The van der Waals surface area contributed by atoms with Gasteiger partial charge in [-0.2, -0.15) is 0 Å². The van der Waals surface area contributed by atoms with E-state index in [-0.39, 0.29) is 0 Å². The third-order valence-corrected chi connectivity index (χ3v) is 4.33. The zero-order valence-electron chi connectivity index (χ0n) is 12.4. The smallest absolute Gasteiger partial charge is 0.0620 e. The molecule has 1 heterocycles. The van der Waals surface area contributed by atoms with E-state index in [1.165, 1.54) is 5.56 Å². The fourth-order valence-corrected chi connectivity index (χ4v) is 3.02. The van der Waals surface area contributed by atoms with Crippen LogP contribution in [0.2, 0.25) is 0 Å². The zero-order valence-corrected chi connectivity index (χ0v) is 13.9. The first-order chi connectivity index (χ1) is 9.69. The summed E-state index contributed by atoms with van der Waals surface area (Å²) < 4.78 is 6.65. The van der Waals surface area contributed by atoms with Gasteiger partial charge in [-0.15, -0.1) is 0 Å². The van der Waals surface area contributed by atoms with Crippen LogP contribution in [-0.2, 0) is 4.74 Å². The van der Waals surface area contributed by atoms with Crippen molar-refractivity contribution in [2.75, 3.05) is 19.8 Å². The highest BCUT2D eigenvalue weighted by Crippen LogP contribution is 2.20. The molecular formula is C16H25BrN2O. The van der Waals surface area contributed by atoms with Crippen molar-refractivity contribution < 1.29 is 4.74 Å². The van der Waals surface area contributed by atoms with Crippen LogP contribution in [-0.4, -0.2) is 31.8 Å². The molecule has 3 atom stereocenters. The molecule has 1 fully saturated rings. The van der Waals surface area contributed by atoms with Gasteiger partial charge in [0.1, 0.15) is 0 Å². The van der Waals surface area contributed by atoms with Gasteiger partial charge in [0.15, 0.2) is 0 Å². The average Bonchev–Trinajstić information content (AvgIpc) is 2.47. The van der Waals surface area contributed by atoms with Crippen molar-refractivity contribution in [3.8, 4) is 0 Å². The SMILES string of the molecule is CCC(NC(C)CC1COCCN1)c1ccc(Br)cc1. The Hall–Kier alpha value is -0.420. The van der Waals surface area contributed by atoms with Crippen molar-refractivity contribution in [3.63, 3.8) is 0 Å². The minimum absolute atomic E-state index is 0.419. The quantitative estimate of drug-likeness (QED) is 0.833. The molecular weight excluding hydrogens is 316 g/mol. The van der Waals surface area contributed by atoms with E-state index < -0.39 is 0 Å². The number of nitrogens with one attached hydrogen (secondary N) is 2. The second-order valence-corrected chi connectivity index (χ2v) is 6.46. The van der Waals surface area contributed by atoms with E-state index in [2.05, 4.69) is 64.7 Å². The van der Waals surface area contributed by atoms with Gasteiger partial charge >= 0.3 is 0 Å². The molecule has 0 saturated carbocycles. The first kappa shape index (κ1) is 16.0. The third kappa shape index (κ3) is 4.85. The van der Waals surface area contributed by atoms with E-state index in [1.54, 1.807) is 0 Å². The predicted molar refractivity (Wildman–Crippen MR) is 87.0 cm³/mol. The summed E-state index contributed by atoms with van der Waals surface area (Å²) in [6.07, 6.45) is 2.20. The first-order valence-corrected chi connectivity index (χ1v) is 8.31. The Balaban J connectivity index is 1.86. The Morgan fingerprint density at radius 1 is 1.40 bits per heavy atom. The number of hydrogen-bond donors (Lipinski definition) is 2. The largest absolute Gasteiger partial charge is 0.379 e. The lowest BCUT2D eigenvalue weighted by molar-refractivity contribution is 0.0707. The molecule has 1 aliphatic rings. The lowest BCUT2D eigenvalue weighted by Gasteiger charge is -2.29. The van der Waals surface area contributed by atoms with Crippen LogP contribution in [0, 0.1) is 0 Å². The summed E-state index contributed by atoms with van der Waals surface area (Å²) in [6, 6.07) is 9.99. The van der Waals surface area contributed by atoms with Crippen LogP contribution in [0.4, 0.5) is 0 Å². The Labute approximate surface area is 130 Å². The maximum atomic E-state index is 5.52. The van der Waals surface area contributed by atoms with E-state index in [1.807, 2.05) is 0 Å². The minimum Gasteiger partial charge on any atom is -0.379 e. The molecule has 1 saturated heterocycles. The Morgan fingerprint density at radius 3 is 2.75 bits per heavy atom. The van der Waals surface area contributed by atoms with E-state index >= 15 is 0 Å². The highest BCUT2D eigenvalue weighted by Gasteiger charge is 2.18.